The molecule has 4 rings (SSSR count). The third kappa shape index (κ3) is 4.11. The number of nitrogens with one attached hydrogen (secondary N) is 2. The van der Waals surface area contributed by atoms with Crippen LogP contribution < -0.4 is 15.4 Å². The van der Waals surface area contributed by atoms with Gasteiger partial charge in [-0.05, 0) is 54.4 Å². The summed E-state index contributed by atoms with van der Waals surface area (Å²) in [5.74, 6) is -0.718. The van der Waals surface area contributed by atoms with Gasteiger partial charge in [0.05, 0.1) is 11.6 Å². The van der Waals surface area contributed by atoms with Crippen LogP contribution in [-0.4, -0.2) is 11.8 Å². The minimum absolute atomic E-state index is 0.00856. The molecule has 0 spiro atoms. The number of amides is 2. The first-order valence-electron chi connectivity index (χ1n) is 9.23. The van der Waals surface area contributed by atoms with E-state index in [2.05, 4.69) is 10.6 Å². The van der Waals surface area contributed by atoms with Crippen molar-refractivity contribution in [2.24, 2.45) is 0 Å². The van der Waals surface area contributed by atoms with E-state index < -0.39 is 11.7 Å². The van der Waals surface area contributed by atoms with E-state index in [0.717, 1.165) is 5.56 Å². The second-order valence-corrected chi connectivity index (χ2v) is 6.94. The molecule has 6 heteroatoms. The van der Waals surface area contributed by atoms with Crippen molar-refractivity contribution in [3.05, 3.63) is 83.7 Å². The molecule has 1 aliphatic rings. The summed E-state index contributed by atoms with van der Waals surface area (Å²) >= 11 is 0. The molecule has 3 aromatic carbocycles. The summed E-state index contributed by atoms with van der Waals surface area (Å²) in [6.07, 6.45) is -0.00856. The number of para-hydroxylation sites is 2. The lowest BCUT2D eigenvalue weighted by molar-refractivity contribution is -0.123. The molecule has 2 amide bonds. The zero-order valence-corrected chi connectivity index (χ0v) is 15.7. The Morgan fingerprint density at radius 3 is 2.76 bits per heavy atom. The van der Waals surface area contributed by atoms with Gasteiger partial charge in [-0.2, -0.15) is 0 Å². The van der Waals surface area contributed by atoms with Gasteiger partial charge in [-0.25, -0.2) is 4.39 Å². The maximum Gasteiger partial charge on any atom is 0.232 e. The molecule has 1 unspecified atom stereocenters. The van der Waals surface area contributed by atoms with Crippen molar-refractivity contribution >= 4 is 23.2 Å². The first-order chi connectivity index (χ1) is 14.0. The molecule has 1 atom stereocenters. The largest absolute Gasteiger partial charge is 0.455 e. The number of aryl methyl sites for hydroxylation is 1. The molecule has 146 valence electrons. The van der Waals surface area contributed by atoms with Crippen LogP contribution in [0.15, 0.2) is 66.7 Å². The van der Waals surface area contributed by atoms with Gasteiger partial charge >= 0.3 is 0 Å². The number of benzene rings is 3. The lowest BCUT2D eigenvalue weighted by atomic mass is 9.89. The fourth-order valence-electron chi connectivity index (χ4n) is 3.36. The van der Waals surface area contributed by atoms with E-state index in [1.165, 1.54) is 18.2 Å². The van der Waals surface area contributed by atoms with Crippen molar-refractivity contribution < 1.29 is 18.7 Å². The van der Waals surface area contributed by atoms with Gasteiger partial charge in [0.25, 0.3) is 0 Å². The Morgan fingerprint density at radius 1 is 1.10 bits per heavy atom. The second kappa shape index (κ2) is 7.75. The summed E-state index contributed by atoms with van der Waals surface area (Å²) in [6.45, 7) is 1.97. The molecular weight excluding hydrogens is 371 g/mol. The van der Waals surface area contributed by atoms with Crippen LogP contribution in [0.5, 0.6) is 11.5 Å². The summed E-state index contributed by atoms with van der Waals surface area (Å²) in [5, 5.41) is 5.47. The predicted molar refractivity (Wildman–Crippen MR) is 109 cm³/mol. The molecule has 0 bridgehead atoms. The predicted octanol–water partition coefficient (Wildman–Crippen LogP) is 4.99. The van der Waals surface area contributed by atoms with E-state index in [-0.39, 0.29) is 18.2 Å². The van der Waals surface area contributed by atoms with Crippen LogP contribution in [0, 0.1) is 12.7 Å². The molecule has 29 heavy (non-hydrogen) atoms. The molecule has 0 saturated carbocycles. The number of hydrogen-bond acceptors (Lipinski definition) is 3. The minimum Gasteiger partial charge on any atom is -0.455 e. The lowest BCUT2D eigenvalue weighted by Gasteiger charge is -2.25. The van der Waals surface area contributed by atoms with Crippen LogP contribution in [0.1, 0.15) is 23.5 Å². The van der Waals surface area contributed by atoms with Crippen LogP contribution in [0.25, 0.3) is 0 Å². The highest BCUT2D eigenvalue weighted by atomic mass is 19.1. The molecule has 1 heterocycles. The van der Waals surface area contributed by atoms with Gasteiger partial charge in [0.15, 0.2) is 5.75 Å². The summed E-state index contributed by atoms with van der Waals surface area (Å²) in [7, 11) is 0. The van der Waals surface area contributed by atoms with Gasteiger partial charge < -0.3 is 15.4 Å². The molecule has 2 N–H and O–H groups in total. The van der Waals surface area contributed by atoms with Crippen molar-refractivity contribution in [2.75, 3.05) is 10.6 Å². The molecule has 3 aromatic rings. The Labute approximate surface area is 167 Å². The van der Waals surface area contributed by atoms with E-state index in [0.29, 0.717) is 28.4 Å². The zero-order chi connectivity index (χ0) is 20.4. The molecule has 1 aliphatic heterocycles. The number of ether oxygens (including phenoxy) is 1. The minimum atomic E-state index is -0.716. The Bertz CT molecular complexity index is 1100. The Balaban J connectivity index is 1.59. The number of fused-ring (bicyclic) bond motifs is 1. The van der Waals surface area contributed by atoms with Gasteiger partial charge in [0.1, 0.15) is 11.6 Å². The highest BCUT2D eigenvalue weighted by Gasteiger charge is 2.31. The first kappa shape index (κ1) is 18.7. The fourth-order valence-corrected chi connectivity index (χ4v) is 3.36. The molecular formula is C23H19FN2O3. The van der Waals surface area contributed by atoms with E-state index in [4.69, 9.17) is 4.74 Å². The maximum absolute atomic E-state index is 13.5. The smallest absolute Gasteiger partial charge is 0.232 e. The van der Waals surface area contributed by atoms with Crippen LogP contribution >= 0.6 is 0 Å². The topological polar surface area (TPSA) is 67.4 Å². The van der Waals surface area contributed by atoms with E-state index in [1.807, 2.05) is 37.3 Å². The Kier molecular flexibility index (Phi) is 4.99. The van der Waals surface area contributed by atoms with Crippen molar-refractivity contribution in [3.8, 4) is 11.5 Å². The third-order valence-corrected chi connectivity index (χ3v) is 4.73. The summed E-state index contributed by atoms with van der Waals surface area (Å²) in [6, 6.07) is 18.7. The number of rotatable bonds is 4. The van der Waals surface area contributed by atoms with Crippen LogP contribution in [0.2, 0.25) is 0 Å². The van der Waals surface area contributed by atoms with Gasteiger partial charge in [-0.15, -0.1) is 0 Å². The number of anilines is 2. The third-order valence-electron chi connectivity index (χ3n) is 4.73. The summed E-state index contributed by atoms with van der Waals surface area (Å²) in [5.41, 5.74) is 2.46. The average Bonchev–Trinajstić information content (AvgIpc) is 2.68. The number of carbonyl (C=O) groups is 2. The van der Waals surface area contributed by atoms with E-state index >= 15 is 0 Å². The Morgan fingerprint density at radius 2 is 1.93 bits per heavy atom. The molecule has 5 nitrogen and oxygen atoms in total. The van der Waals surface area contributed by atoms with Crippen LogP contribution in [-0.2, 0) is 9.59 Å². The fraction of sp³-hybridized carbons (Fsp3) is 0.130. The second-order valence-electron chi connectivity index (χ2n) is 6.94. The van der Waals surface area contributed by atoms with Gasteiger partial charge in [0, 0.05) is 12.1 Å². The van der Waals surface area contributed by atoms with Gasteiger partial charge in [-0.1, -0.05) is 30.3 Å². The zero-order valence-electron chi connectivity index (χ0n) is 15.7. The van der Waals surface area contributed by atoms with Gasteiger partial charge in [-0.3, -0.25) is 9.59 Å². The quantitative estimate of drug-likeness (QED) is 0.659. The molecule has 0 saturated heterocycles. The maximum atomic E-state index is 13.5. The number of hydrogen-bond donors (Lipinski definition) is 2. The van der Waals surface area contributed by atoms with Crippen molar-refractivity contribution in [1.29, 1.82) is 0 Å². The molecule has 0 fully saturated rings. The standard InChI is InChI=1S/C23H19FN2O3/c1-14-5-4-6-16(11-14)29-21-8-3-2-7-19(21)26-23(28)18-13-22(27)25-20-12-15(24)9-10-17(18)20/h2-12,18H,13H2,1H3,(H,25,27)(H,26,28). The lowest BCUT2D eigenvalue weighted by Crippen LogP contribution is -2.31. The number of halogens is 1. The van der Waals surface area contributed by atoms with E-state index in [9.17, 15) is 14.0 Å². The Hall–Kier alpha value is -3.67. The van der Waals surface area contributed by atoms with Gasteiger partial charge in [0.2, 0.25) is 11.8 Å². The van der Waals surface area contributed by atoms with Crippen molar-refractivity contribution in [3.63, 3.8) is 0 Å². The van der Waals surface area contributed by atoms with Crippen LogP contribution in [0.3, 0.4) is 0 Å². The number of carbonyl (C=O) groups excluding carboxylic acids is 2. The van der Waals surface area contributed by atoms with Crippen molar-refractivity contribution in [2.45, 2.75) is 19.3 Å². The monoisotopic (exact) mass is 390 g/mol. The van der Waals surface area contributed by atoms with Crippen LogP contribution in [0.4, 0.5) is 15.8 Å². The van der Waals surface area contributed by atoms with Crippen molar-refractivity contribution in [1.82, 2.24) is 0 Å². The highest BCUT2D eigenvalue weighted by molar-refractivity contribution is 6.05. The summed E-state index contributed by atoms with van der Waals surface area (Å²) < 4.78 is 19.5. The highest BCUT2D eigenvalue weighted by Crippen LogP contribution is 2.35. The summed E-state index contributed by atoms with van der Waals surface area (Å²) in [4.78, 5) is 25.0. The SMILES string of the molecule is Cc1cccc(Oc2ccccc2NC(=O)C2CC(=O)Nc3cc(F)ccc32)c1. The molecule has 0 radical (unpaired) electrons. The van der Waals surface area contributed by atoms with E-state index in [1.54, 1.807) is 18.2 Å². The normalized spacial score (nSPS) is 15.2. The molecule has 0 aromatic heterocycles. The molecule has 0 aliphatic carbocycles. The average molecular weight is 390 g/mol. The first-order valence-corrected chi connectivity index (χ1v) is 9.23.